The molecule has 0 saturated carbocycles. The number of benzene rings is 2. The molecule has 1 aliphatic rings. The topological polar surface area (TPSA) is 60.0 Å². The van der Waals surface area contributed by atoms with E-state index in [1.165, 1.54) is 0 Å². The number of nitrogens with one attached hydrogen (secondary N) is 1. The van der Waals surface area contributed by atoms with Gasteiger partial charge < -0.3 is 19.5 Å². The molecule has 1 aliphatic heterocycles. The maximum atomic E-state index is 12.9. The van der Waals surface area contributed by atoms with Crippen LogP contribution < -0.4 is 14.8 Å². The molecule has 0 spiro atoms. The number of hydrogen-bond donors (Lipinski definition) is 1. The first-order valence-corrected chi connectivity index (χ1v) is 10.2. The average molecular weight is 411 g/mol. The first-order valence-electron chi connectivity index (χ1n) is 10.2. The van der Waals surface area contributed by atoms with Gasteiger partial charge in [-0.25, -0.2) is 0 Å². The zero-order valence-electron chi connectivity index (χ0n) is 17.9. The van der Waals surface area contributed by atoms with Gasteiger partial charge in [0.2, 0.25) is 0 Å². The predicted octanol–water partition coefficient (Wildman–Crippen LogP) is 4.12. The van der Waals surface area contributed by atoms with Crippen LogP contribution in [0.2, 0.25) is 0 Å². The first kappa shape index (κ1) is 21.9. The Labute approximate surface area is 178 Å². The number of ether oxygens (including phenoxy) is 3. The smallest absolute Gasteiger partial charge is 0.255 e. The number of carbonyl (C=O) groups is 1. The minimum atomic E-state index is -0.195. The van der Waals surface area contributed by atoms with Gasteiger partial charge in [0.15, 0.2) is 11.5 Å². The predicted molar refractivity (Wildman–Crippen MR) is 118 cm³/mol. The molecule has 2 aromatic rings. The summed E-state index contributed by atoms with van der Waals surface area (Å²) in [6.07, 6.45) is 2.06. The summed E-state index contributed by atoms with van der Waals surface area (Å²) >= 11 is 0. The van der Waals surface area contributed by atoms with E-state index in [4.69, 9.17) is 14.2 Å². The van der Waals surface area contributed by atoms with Gasteiger partial charge in [0.1, 0.15) is 6.61 Å². The second-order valence-corrected chi connectivity index (χ2v) is 7.53. The van der Waals surface area contributed by atoms with E-state index in [-0.39, 0.29) is 18.1 Å². The van der Waals surface area contributed by atoms with Crippen molar-refractivity contribution < 1.29 is 19.0 Å². The van der Waals surface area contributed by atoms with E-state index in [1.54, 1.807) is 31.4 Å². The lowest BCUT2D eigenvalue weighted by atomic mass is 10.1. The third-order valence-electron chi connectivity index (χ3n) is 4.94. The molecule has 1 fully saturated rings. The number of morpholine rings is 1. The van der Waals surface area contributed by atoms with Crippen molar-refractivity contribution in [1.82, 2.24) is 4.90 Å². The van der Waals surface area contributed by atoms with Crippen LogP contribution in [0.15, 0.2) is 55.1 Å². The number of amides is 1. The number of rotatable bonds is 8. The molecule has 0 aliphatic carbocycles. The molecule has 1 amide bonds. The van der Waals surface area contributed by atoms with Crippen LogP contribution in [0.5, 0.6) is 11.5 Å². The van der Waals surface area contributed by atoms with Crippen LogP contribution in [0.4, 0.5) is 5.69 Å². The standard InChI is InChI=1S/C24H30N2O4/c1-5-12-29-22-11-10-19(13-23(22)28-4)24(27)25-21-9-7-6-8-20(21)16-26-14-17(2)30-18(3)15-26/h5-11,13,17-18H,1,12,14-16H2,2-4H3,(H,25,27). The van der Waals surface area contributed by atoms with Crippen molar-refractivity contribution in [2.24, 2.45) is 0 Å². The van der Waals surface area contributed by atoms with Gasteiger partial charge in [0, 0.05) is 30.9 Å². The summed E-state index contributed by atoms with van der Waals surface area (Å²) in [6.45, 7) is 10.7. The van der Waals surface area contributed by atoms with E-state index >= 15 is 0 Å². The Balaban J connectivity index is 1.73. The Bertz CT molecular complexity index is 873. The third-order valence-corrected chi connectivity index (χ3v) is 4.94. The summed E-state index contributed by atoms with van der Waals surface area (Å²) in [4.78, 5) is 15.3. The van der Waals surface area contributed by atoms with Crippen molar-refractivity contribution in [3.8, 4) is 11.5 Å². The molecule has 1 N–H and O–H groups in total. The Hall–Kier alpha value is -2.83. The fourth-order valence-corrected chi connectivity index (χ4v) is 3.71. The molecule has 30 heavy (non-hydrogen) atoms. The number of hydrogen-bond acceptors (Lipinski definition) is 5. The molecule has 6 nitrogen and oxygen atoms in total. The van der Waals surface area contributed by atoms with Crippen LogP contribution in [0, 0.1) is 0 Å². The highest BCUT2D eigenvalue weighted by atomic mass is 16.5. The van der Waals surface area contributed by atoms with Crippen molar-refractivity contribution in [1.29, 1.82) is 0 Å². The van der Waals surface area contributed by atoms with Crippen molar-refractivity contribution in [3.63, 3.8) is 0 Å². The molecule has 2 aromatic carbocycles. The van der Waals surface area contributed by atoms with Crippen LogP contribution in [0.1, 0.15) is 29.8 Å². The van der Waals surface area contributed by atoms with Gasteiger partial charge in [-0.15, -0.1) is 0 Å². The maximum absolute atomic E-state index is 12.9. The largest absolute Gasteiger partial charge is 0.493 e. The maximum Gasteiger partial charge on any atom is 0.255 e. The summed E-state index contributed by atoms with van der Waals surface area (Å²) < 4.78 is 16.8. The molecule has 2 unspecified atom stereocenters. The Morgan fingerprint density at radius 1 is 1.20 bits per heavy atom. The van der Waals surface area contributed by atoms with Crippen LogP contribution in [0.3, 0.4) is 0 Å². The van der Waals surface area contributed by atoms with E-state index in [1.807, 2.05) is 24.3 Å². The van der Waals surface area contributed by atoms with Crippen molar-refractivity contribution in [2.45, 2.75) is 32.6 Å². The fraction of sp³-hybridized carbons (Fsp3) is 0.375. The van der Waals surface area contributed by atoms with E-state index in [0.717, 1.165) is 30.9 Å². The second kappa shape index (κ2) is 10.3. The van der Waals surface area contributed by atoms with Crippen LogP contribution >= 0.6 is 0 Å². The van der Waals surface area contributed by atoms with Gasteiger partial charge in [0.05, 0.1) is 19.3 Å². The van der Waals surface area contributed by atoms with Crippen molar-refractivity contribution >= 4 is 11.6 Å². The van der Waals surface area contributed by atoms with Gasteiger partial charge in [-0.05, 0) is 43.7 Å². The number of para-hydroxylation sites is 1. The minimum Gasteiger partial charge on any atom is -0.493 e. The molecule has 0 aromatic heterocycles. The van der Waals surface area contributed by atoms with Crippen LogP contribution in [-0.4, -0.2) is 49.8 Å². The van der Waals surface area contributed by atoms with E-state index in [9.17, 15) is 4.79 Å². The fourth-order valence-electron chi connectivity index (χ4n) is 3.71. The highest BCUT2D eigenvalue weighted by molar-refractivity contribution is 6.05. The Kier molecular flexibility index (Phi) is 7.49. The van der Waals surface area contributed by atoms with Crippen molar-refractivity contribution in [2.75, 3.05) is 32.1 Å². The average Bonchev–Trinajstić information content (AvgIpc) is 2.72. The molecular formula is C24H30N2O4. The summed E-state index contributed by atoms with van der Waals surface area (Å²) in [5.74, 6) is 0.888. The van der Waals surface area contributed by atoms with E-state index in [0.29, 0.717) is 23.7 Å². The van der Waals surface area contributed by atoms with Gasteiger partial charge in [0.25, 0.3) is 5.91 Å². The number of carbonyl (C=O) groups excluding carboxylic acids is 1. The van der Waals surface area contributed by atoms with Gasteiger partial charge in [-0.1, -0.05) is 30.9 Å². The quantitative estimate of drug-likeness (QED) is 0.664. The highest BCUT2D eigenvalue weighted by Gasteiger charge is 2.23. The summed E-state index contributed by atoms with van der Waals surface area (Å²) in [5.41, 5.74) is 2.38. The van der Waals surface area contributed by atoms with Gasteiger partial charge >= 0.3 is 0 Å². The summed E-state index contributed by atoms with van der Waals surface area (Å²) in [5, 5.41) is 3.04. The lowest BCUT2D eigenvalue weighted by Crippen LogP contribution is -2.44. The Morgan fingerprint density at radius 3 is 2.63 bits per heavy atom. The summed E-state index contributed by atoms with van der Waals surface area (Å²) in [6, 6.07) is 13.0. The lowest BCUT2D eigenvalue weighted by Gasteiger charge is -2.35. The molecular weight excluding hydrogens is 380 g/mol. The highest BCUT2D eigenvalue weighted by Crippen LogP contribution is 2.29. The van der Waals surface area contributed by atoms with Gasteiger partial charge in [-0.2, -0.15) is 0 Å². The molecule has 2 atom stereocenters. The Morgan fingerprint density at radius 2 is 1.93 bits per heavy atom. The molecule has 3 rings (SSSR count). The molecule has 0 bridgehead atoms. The molecule has 0 radical (unpaired) electrons. The molecule has 160 valence electrons. The zero-order valence-corrected chi connectivity index (χ0v) is 17.9. The third kappa shape index (κ3) is 5.62. The van der Waals surface area contributed by atoms with Crippen LogP contribution in [0.25, 0.3) is 0 Å². The normalized spacial score (nSPS) is 19.2. The van der Waals surface area contributed by atoms with Gasteiger partial charge in [-0.3, -0.25) is 9.69 Å². The monoisotopic (exact) mass is 410 g/mol. The molecule has 1 saturated heterocycles. The van der Waals surface area contributed by atoms with Crippen LogP contribution in [-0.2, 0) is 11.3 Å². The van der Waals surface area contributed by atoms with E-state index < -0.39 is 0 Å². The number of methoxy groups -OCH3 is 1. The number of anilines is 1. The zero-order chi connectivity index (χ0) is 21.5. The molecule has 6 heteroatoms. The van der Waals surface area contributed by atoms with Crippen molar-refractivity contribution in [3.05, 3.63) is 66.2 Å². The lowest BCUT2D eigenvalue weighted by molar-refractivity contribution is -0.0704. The SMILES string of the molecule is C=CCOc1ccc(C(=O)Nc2ccccc2CN2CC(C)OC(C)C2)cc1OC. The van der Waals surface area contributed by atoms with E-state index in [2.05, 4.69) is 30.6 Å². The number of nitrogens with zero attached hydrogens (tertiary/aromatic N) is 1. The minimum absolute atomic E-state index is 0.195. The summed E-state index contributed by atoms with van der Waals surface area (Å²) in [7, 11) is 1.55. The second-order valence-electron chi connectivity index (χ2n) is 7.53. The molecule has 1 heterocycles. The first-order chi connectivity index (χ1) is 14.5.